The van der Waals surface area contributed by atoms with Crippen LogP contribution in [0.25, 0.3) is 0 Å². The number of nitrogens with one attached hydrogen (secondary N) is 1. The Bertz CT molecular complexity index is 542. The summed E-state index contributed by atoms with van der Waals surface area (Å²) >= 11 is 2.01. The van der Waals surface area contributed by atoms with Crippen LogP contribution in [0.15, 0.2) is 30.5 Å². The molecular weight excluding hydrogens is 336 g/mol. The highest BCUT2D eigenvalue weighted by molar-refractivity contribution is 14.1. The average Bonchev–Trinajstić information content (AvgIpc) is 2.80. The Balaban J connectivity index is 2.31. The molecule has 0 bridgehead atoms. The summed E-state index contributed by atoms with van der Waals surface area (Å²) in [6.07, 6.45) is 1.48. The third-order valence-corrected chi connectivity index (χ3v) is 2.98. The van der Waals surface area contributed by atoms with Crippen LogP contribution >= 0.6 is 22.6 Å². The van der Waals surface area contributed by atoms with Gasteiger partial charge in [-0.15, -0.1) is 0 Å². The molecule has 1 amide bonds. The minimum atomic E-state index is -0.424. The zero-order valence-electron chi connectivity index (χ0n) is 8.95. The van der Waals surface area contributed by atoms with Gasteiger partial charge in [0.1, 0.15) is 11.5 Å². The van der Waals surface area contributed by atoms with E-state index in [0.29, 0.717) is 5.69 Å². The van der Waals surface area contributed by atoms with Gasteiger partial charge >= 0.3 is 0 Å². The fourth-order valence-corrected chi connectivity index (χ4v) is 1.87. The van der Waals surface area contributed by atoms with Crippen LogP contribution in [0.2, 0.25) is 0 Å². The van der Waals surface area contributed by atoms with Crippen molar-refractivity contribution in [2.24, 2.45) is 0 Å². The maximum Gasteiger partial charge on any atom is 0.276 e. The summed E-state index contributed by atoms with van der Waals surface area (Å²) in [5, 5.41) is 6.24. The molecule has 0 aliphatic rings. The quantitative estimate of drug-likeness (QED) is 0.850. The van der Waals surface area contributed by atoms with E-state index in [2.05, 4.69) is 10.2 Å². The second-order valence-corrected chi connectivity index (χ2v) is 4.68. The molecule has 17 heavy (non-hydrogen) atoms. The first-order valence-electron chi connectivity index (χ1n) is 4.82. The molecular formula is C11H9FIN3O. The van der Waals surface area contributed by atoms with Crippen molar-refractivity contribution in [3.8, 4) is 0 Å². The van der Waals surface area contributed by atoms with Crippen LogP contribution in [-0.2, 0) is 0 Å². The number of anilines is 1. The lowest BCUT2D eigenvalue weighted by atomic mass is 10.2. The van der Waals surface area contributed by atoms with E-state index < -0.39 is 5.82 Å². The third-order valence-electron chi connectivity index (χ3n) is 2.31. The molecule has 0 aliphatic carbocycles. The number of carbonyl (C=O) groups excluding carboxylic acids is 1. The van der Waals surface area contributed by atoms with Crippen LogP contribution in [0.3, 0.4) is 0 Å². The van der Waals surface area contributed by atoms with Gasteiger partial charge in [-0.05, 0) is 46.9 Å². The van der Waals surface area contributed by atoms with Gasteiger partial charge in [0.2, 0.25) is 0 Å². The molecule has 88 valence electrons. The van der Waals surface area contributed by atoms with Gasteiger partial charge in [0.05, 0.1) is 5.69 Å². The Kier molecular flexibility index (Phi) is 3.41. The van der Waals surface area contributed by atoms with E-state index in [1.165, 1.54) is 24.2 Å². The van der Waals surface area contributed by atoms with Crippen LogP contribution in [-0.4, -0.2) is 23.2 Å². The zero-order valence-corrected chi connectivity index (χ0v) is 11.1. The lowest BCUT2D eigenvalue weighted by Gasteiger charge is -2.17. The number of rotatable bonds is 2. The number of hydrogen-bond acceptors (Lipinski definition) is 2. The number of aromatic nitrogens is 2. The maximum atomic E-state index is 13.7. The number of nitrogens with zero attached hydrogens (tertiary/aromatic N) is 2. The molecule has 4 nitrogen and oxygen atoms in total. The third kappa shape index (κ3) is 2.46. The molecule has 1 heterocycles. The maximum absolute atomic E-state index is 13.7. The highest BCUT2D eigenvalue weighted by Gasteiger charge is 2.17. The Morgan fingerprint density at radius 2 is 2.24 bits per heavy atom. The molecule has 1 aromatic carbocycles. The highest BCUT2D eigenvalue weighted by Crippen LogP contribution is 2.21. The zero-order chi connectivity index (χ0) is 12.4. The summed E-state index contributed by atoms with van der Waals surface area (Å²) < 4.78 is 14.5. The van der Waals surface area contributed by atoms with E-state index in [1.807, 2.05) is 22.6 Å². The van der Waals surface area contributed by atoms with Gasteiger partial charge in [0.25, 0.3) is 5.91 Å². The molecule has 1 aromatic heterocycles. The monoisotopic (exact) mass is 345 g/mol. The van der Waals surface area contributed by atoms with Crippen molar-refractivity contribution in [3.05, 3.63) is 45.5 Å². The molecule has 0 saturated carbocycles. The number of H-pyrrole nitrogens is 1. The predicted octanol–water partition coefficient (Wildman–Crippen LogP) is 2.43. The Morgan fingerprint density at radius 3 is 2.82 bits per heavy atom. The smallest absolute Gasteiger partial charge is 0.276 e. The van der Waals surface area contributed by atoms with Crippen LogP contribution in [0.4, 0.5) is 10.1 Å². The number of hydrogen-bond donors (Lipinski definition) is 1. The summed E-state index contributed by atoms with van der Waals surface area (Å²) in [5.41, 5.74) is 0.565. The van der Waals surface area contributed by atoms with Gasteiger partial charge < -0.3 is 4.90 Å². The fourth-order valence-electron chi connectivity index (χ4n) is 1.42. The number of carbonyl (C=O) groups is 1. The lowest BCUT2D eigenvalue weighted by Crippen LogP contribution is -2.27. The Hall–Kier alpha value is -1.44. The predicted molar refractivity (Wildman–Crippen MR) is 70.4 cm³/mol. The molecule has 0 atom stereocenters. The van der Waals surface area contributed by atoms with Gasteiger partial charge in [-0.25, -0.2) is 4.39 Å². The topological polar surface area (TPSA) is 49.0 Å². The molecule has 2 rings (SSSR count). The first-order valence-corrected chi connectivity index (χ1v) is 5.90. The van der Waals surface area contributed by atoms with Gasteiger partial charge in [-0.1, -0.05) is 0 Å². The molecule has 0 saturated heterocycles. The normalized spacial score (nSPS) is 10.3. The van der Waals surface area contributed by atoms with E-state index in [0.717, 1.165) is 3.57 Å². The van der Waals surface area contributed by atoms with Crippen molar-refractivity contribution in [1.82, 2.24) is 10.2 Å². The fraction of sp³-hybridized carbons (Fsp3) is 0.0909. The van der Waals surface area contributed by atoms with Crippen LogP contribution in [0.5, 0.6) is 0 Å². The Labute approximate surface area is 111 Å². The summed E-state index contributed by atoms with van der Waals surface area (Å²) in [7, 11) is 1.52. The van der Waals surface area contributed by atoms with E-state index in [4.69, 9.17) is 0 Å². The first-order chi connectivity index (χ1) is 8.09. The van der Waals surface area contributed by atoms with E-state index in [9.17, 15) is 9.18 Å². The van der Waals surface area contributed by atoms with E-state index >= 15 is 0 Å². The van der Waals surface area contributed by atoms with E-state index in [1.54, 1.807) is 18.2 Å². The number of amides is 1. The molecule has 0 aliphatic heterocycles. The lowest BCUT2D eigenvalue weighted by molar-refractivity contribution is 0.0987. The molecule has 1 N–H and O–H groups in total. The number of benzene rings is 1. The Morgan fingerprint density at radius 1 is 1.47 bits per heavy atom. The summed E-state index contributed by atoms with van der Waals surface area (Å²) in [4.78, 5) is 13.2. The SMILES string of the molecule is CN(C(=O)c1ccn[nH]1)c1ccc(I)cc1F. The van der Waals surface area contributed by atoms with Gasteiger partial charge in [-0.2, -0.15) is 5.10 Å². The van der Waals surface area contributed by atoms with Crippen LogP contribution in [0, 0.1) is 9.39 Å². The van der Waals surface area contributed by atoms with Crippen LogP contribution in [0.1, 0.15) is 10.5 Å². The summed E-state index contributed by atoms with van der Waals surface area (Å²) in [5.74, 6) is -0.755. The molecule has 0 fully saturated rings. The van der Waals surface area contributed by atoms with E-state index in [-0.39, 0.29) is 11.6 Å². The molecule has 0 radical (unpaired) electrons. The molecule has 0 unspecified atom stereocenters. The van der Waals surface area contributed by atoms with Crippen molar-refractivity contribution in [2.75, 3.05) is 11.9 Å². The van der Waals surface area contributed by atoms with Crippen molar-refractivity contribution >= 4 is 34.2 Å². The largest absolute Gasteiger partial charge is 0.307 e. The molecule has 6 heteroatoms. The number of aromatic amines is 1. The number of halogens is 2. The minimum Gasteiger partial charge on any atom is -0.307 e. The van der Waals surface area contributed by atoms with Crippen LogP contribution < -0.4 is 4.90 Å². The highest BCUT2D eigenvalue weighted by atomic mass is 127. The molecule has 2 aromatic rings. The van der Waals surface area contributed by atoms with Crippen molar-refractivity contribution in [1.29, 1.82) is 0 Å². The molecule has 0 spiro atoms. The second-order valence-electron chi connectivity index (χ2n) is 3.43. The van der Waals surface area contributed by atoms with Crippen molar-refractivity contribution in [2.45, 2.75) is 0 Å². The minimum absolute atomic E-state index is 0.241. The van der Waals surface area contributed by atoms with Gasteiger partial charge in [0, 0.05) is 16.8 Å². The first kappa shape index (κ1) is 12.0. The average molecular weight is 345 g/mol. The van der Waals surface area contributed by atoms with Gasteiger partial charge in [-0.3, -0.25) is 9.89 Å². The van der Waals surface area contributed by atoms with Crippen molar-refractivity contribution in [3.63, 3.8) is 0 Å². The summed E-state index contributed by atoms with van der Waals surface area (Å²) in [6, 6.07) is 6.25. The van der Waals surface area contributed by atoms with Gasteiger partial charge in [0.15, 0.2) is 0 Å². The standard InChI is InChI=1S/C11H9FIN3O/c1-16(11(17)9-4-5-14-15-9)10-3-2-7(13)6-8(10)12/h2-6H,1H3,(H,14,15). The second kappa shape index (κ2) is 4.82. The van der Waals surface area contributed by atoms with Crippen molar-refractivity contribution < 1.29 is 9.18 Å². The summed E-state index contributed by atoms with van der Waals surface area (Å²) in [6.45, 7) is 0.